The lowest BCUT2D eigenvalue weighted by Crippen LogP contribution is -2.49. The molecule has 7 nitrogen and oxygen atoms in total. The van der Waals surface area contributed by atoms with Crippen LogP contribution in [0.25, 0.3) is 11.1 Å². The van der Waals surface area contributed by atoms with Gasteiger partial charge in [-0.05, 0) is 34.1 Å². The van der Waals surface area contributed by atoms with Gasteiger partial charge in [-0.3, -0.25) is 4.79 Å². The summed E-state index contributed by atoms with van der Waals surface area (Å²) >= 11 is 0. The molecule has 0 spiro atoms. The lowest BCUT2D eigenvalue weighted by Gasteiger charge is -2.31. The van der Waals surface area contributed by atoms with Crippen LogP contribution in [0.1, 0.15) is 57.6 Å². The Morgan fingerprint density at radius 1 is 0.970 bits per heavy atom. The summed E-state index contributed by atoms with van der Waals surface area (Å²) in [6, 6.07) is 14.7. The van der Waals surface area contributed by atoms with E-state index in [0.717, 1.165) is 22.3 Å². The Morgan fingerprint density at radius 3 is 2.00 bits per heavy atom. The van der Waals surface area contributed by atoms with Gasteiger partial charge in [-0.25, -0.2) is 9.59 Å². The van der Waals surface area contributed by atoms with Crippen molar-refractivity contribution in [2.45, 2.75) is 58.5 Å². The molecule has 1 aliphatic rings. The maximum atomic E-state index is 12.7. The number of alkyl carbamates (subject to hydrolysis) is 1. The summed E-state index contributed by atoms with van der Waals surface area (Å²) in [7, 11) is 0. The van der Waals surface area contributed by atoms with E-state index in [9.17, 15) is 19.5 Å². The molecule has 176 valence electrons. The molecule has 3 N–H and O–H groups in total. The molecule has 0 aromatic heterocycles. The number of carboxylic acids is 1. The highest BCUT2D eigenvalue weighted by Crippen LogP contribution is 2.44. The summed E-state index contributed by atoms with van der Waals surface area (Å²) in [6.07, 6.45) is -0.367. The standard InChI is InChI=1S/C26H32N2O5/c1-5-21(24(30)31)27-23(29)14-22(26(2,3)4)28-25(32)33-15-20-18-12-8-6-10-16(18)17-11-7-9-13-19(17)20/h6-13,20-22H,5,14-15H2,1-4H3,(H,27,29)(H,28,32)(H,30,31)/t21-,22?/m0/s1. The number of benzene rings is 2. The van der Waals surface area contributed by atoms with Crippen molar-refractivity contribution < 1.29 is 24.2 Å². The van der Waals surface area contributed by atoms with Crippen LogP contribution in [-0.4, -0.2) is 41.8 Å². The lowest BCUT2D eigenvalue weighted by molar-refractivity contribution is -0.142. The lowest BCUT2D eigenvalue weighted by atomic mass is 9.84. The fourth-order valence-electron chi connectivity index (χ4n) is 4.13. The maximum Gasteiger partial charge on any atom is 0.407 e. The van der Waals surface area contributed by atoms with Crippen molar-refractivity contribution in [3.8, 4) is 11.1 Å². The predicted molar refractivity (Wildman–Crippen MR) is 126 cm³/mol. The third kappa shape index (κ3) is 5.72. The van der Waals surface area contributed by atoms with Gasteiger partial charge in [0.15, 0.2) is 0 Å². The van der Waals surface area contributed by atoms with Crippen LogP contribution < -0.4 is 10.6 Å². The summed E-state index contributed by atoms with van der Waals surface area (Å²) in [5.41, 5.74) is 4.11. The molecule has 0 bridgehead atoms. The summed E-state index contributed by atoms with van der Waals surface area (Å²) in [5, 5.41) is 14.5. The second-order valence-electron chi connectivity index (χ2n) is 9.46. The van der Waals surface area contributed by atoms with Crippen LogP contribution in [0.2, 0.25) is 0 Å². The number of carbonyl (C=O) groups is 3. The van der Waals surface area contributed by atoms with Gasteiger partial charge >= 0.3 is 12.1 Å². The maximum absolute atomic E-state index is 12.7. The van der Waals surface area contributed by atoms with Crippen molar-refractivity contribution in [2.24, 2.45) is 5.41 Å². The summed E-state index contributed by atoms with van der Waals surface area (Å²) < 4.78 is 5.61. The zero-order valence-electron chi connectivity index (χ0n) is 19.6. The summed E-state index contributed by atoms with van der Waals surface area (Å²) in [6.45, 7) is 7.59. The van der Waals surface area contributed by atoms with Gasteiger partial charge < -0.3 is 20.5 Å². The number of rotatable bonds is 8. The average Bonchev–Trinajstić information content (AvgIpc) is 3.08. The Balaban J connectivity index is 1.65. The minimum atomic E-state index is -1.08. The van der Waals surface area contributed by atoms with Crippen LogP contribution in [0, 0.1) is 5.41 Å². The molecule has 0 aliphatic heterocycles. The van der Waals surface area contributed by atoms with E-state index in [1.165, 1.54) is 0 Å². The number of hydrogen-bond acceptors (Lipinski definition) is 4. The smallest absolute Gasteiger partial charge is 0.407 e. The van der Waals surface area contributed by atoms with Crippen molar-refractivity contribution >= 4 is 18.0 Å². The molecule has 0 radical (unpaired) electrons. The quantitative estimate of drug-likeness (QED) is 0.554. The monoisotopic (exact) mass is 452 g/mol. The largest absolute Gasteiger partial charge is 0.480 e. The summed E-state index contributed by atoms with van der Waals surface area (Å²) in [5.74, 6) is -1.56. The number of nitrogens with one attached hydrogen (secondary N) is 2. The highest BCUT2D eigenvalue weighted by molar-refractivity contribution is 5.84. The molecule has 0 saturated carbocycles. The van der Waals surface area contributed by atoms with E-state index in [0.29, 0.717) is 0 Å². The molecule has 2 atom stereocenters. The fraction of sp³-hybridized carbons (Fsp3) is 0.423. The first-order valence-corrected chi connectivity index (χ1v) is 11.3. The molecule has 0 saturated heterocycles. The number of aliphatic carboxylic acids is 1. The first-order chi connectivity index (χ1) is 15.6. The van der Waals surface area contributed by atoms with Crippen LogP contribution in [0.3, 0.4) is 0 Å². The first-order valence-electron chi connectivity index (χ1n) is 11.3. The Bertz CT molecular complexity index is 982. The zero-order chi connectivity index (χ0) is 24.2. The minimum absolute atomic E-state index is 0.0442. The van der Waals surface area contributed by atoms with Gasteiger partial charge in [0, 0.05) is 18.4 Å². The van der Waals surface area contributed by atoms with Gasteiger partial charge in [-0.2, -0.15) is 0 Å². The number of fused-ring (bicyclic) bond motifs is 3. The molecule has 33 heavy (non-hydrogen) atoms. The van der Waals surface area contributed by atoms with Crippen LogP contribution in [0.4, 0.5) is 4.79 Å². The third-order valence-electron chi connectivity index (χ3n) is 6.11. The molecule has 2 aromatic carbocycles. The van der Waals surface area contributed by atoms with E-state index >= 15 is 0 Å². The average molecular weight is 453 g/mol. The molecule has 3 rings (SSSR count). The van der Waals surface area contributed by atoms with Crippen molar-refractivity contribution in [1.82, 2.24) is 10.6 Å². The number of hydrogen-bond donors (Lipinski definition) is 3. The number of ether oxygens (including phenoxy) is 1. The van der Waals surface area contributed by atoms with Crippen molar-refractivity contribution in [2.75, 3.05) is 6.61 Å². The zero-order valence-corrected chi connectivity index (χ0v) is 19.6. The van der Waals surface area contributed by atoms with Gasteiger partial charge in [0.05, 0.1) is 0 Å². The molecule has 0 fully saturated rings. The normalized spacial score (nSPS) is 14.5. The number of amides is 2. The third-order valence-corrected chi connectivity index (χ3v) is 6.11. The number of carboxylic acid groups (broad SMARTS) is 1. The van der Waals surface area contributed by atoms with Gasteiger partial charge in [0.1, 0.15) is 12.6 Å². The second-order valence-corrected chi connectivity index (χ2v) is 9.46. The van der Waals surface area contributed by atoms with Crippen LogP contribution >= 0.6 is 0 Å². The Kier molecular flexibility index (Phi) is 7.41. The van der Waals surface area contributed by atoms with Gasteiger partial charge in [-0.15, -0.1) is 0 Å². The van der Waals surface area contributed by atoms with Crippen LogP contribution in [-0.2, 0) is 14.3 Å². The molecule has 2 amide bonds. The van der Waals surface area contributed by atoms with E-state index in [-0.39, 0.29) is 25.4 Å². The van der Waals surface area contributed by atoms with Gasteiger partial charge in [-0.1, -0.05) is 76.2 Å². The predicted octanol–water partition coefficient (Wildman–Crippen LogP) is 4.31. The summed E-state index contributed by atoms with van der Waals surface area (Å²) in [4.78, 5) is 36.3. The highest BCUT2D eigenvalue weighted by atomic mass is 16.5. The number of carbonyl (C=O) groups excluding carboxylic acids is 2. The van der Waals surface area contributed by atoms with E-state index in [1.54, 1.807) is 6.92 Å². The van der Waals surface area contributed by atoms with Gasteiger partial charge in [0.2, 0.25) is 5.91 Å². The van der Waals surface area contributed by atoms with E-state index < -0.39 is 35.5 Å². The van der Waals surface area contributed by atoms with Crippen molar-refractivity contribution in [1.29, 1.82) is 0 Å². The van der Waals surface area contributed by atoms with Crippen molar-refractivity contribution in [3.63, 3.8) is 0 Å². The fourth-order valence-corrected chi connectivity index (χ4v) is 4.13. The van der Waals surface area contributed by atoms with E-state index in [1.807, 2.05) is 45.0 Å². The Hall–Kier alpha value is -3.35. The topological polar surface area (TPSA) is 105 Å². The van der Waals surface area contributed by atoms with Crippen LogP contribution in [0.5, 0.6) is 0 Å². The molecule has 1 unspecified atom stereocenters. The Labute approximate surface area is 194 Å². The molecule has 1 aliphatic carbocycles. The second kappa shape index (κ2) is 10.1. The Morgan fingerprint density at radius 2 is 1.52 bits per heavy atom. The molecule has 7 heteroatoms. The van der Waals surface area contributed by atoms with Crippen molar-refractivity contribution in [3.05, 3.63) is 59.7 Å². The molecule has 2 aromatic rings. The van der Waals surface area contributed by atoms with E-state index in [2.05, 4.69) is 34.9 Å². The first kappa shape index (κ1) is 24.3. The molecular weight excluding hydrogens is 420 g/mol. The molecule has 0 heterocycles. The SMILES string of the molecule is CC[C@H](NC(=O)CC(NC(=O)OCC1c2ccccc2-c2ccccc21)C(C)(C)C)C(=O)O. The van der Waals surface area contributed by atoms with Gasteiger partial charge in [0.25, 0.3) is 0 Å². The molecular formula is C26H32N2O5. The van der Waals surface area contributed by atoms with Crippen LogP contribution in [0.15, 0.2) is 48.5 Å². The minimum Gasteiger partial charge on any atom is -0.480 e. The van der Waals surface area contributed by atoms with E-state index in [4.69, 9.17) is 4.74 Å². The highest BCUT2D eigenvalue weighted by Gasteiger charge is 2.32.